The predicted molar refractivity (Wildman–Crippen MR) is 68.6 cm³/mol. The molecule has 0 radical (unpaired) electrons. The lowest BCUT2D eigenvalue weighted by Crippen LogP contribution is -2.50. The second-order valence-electron chi connectivity index (χ2n) is 4.31. The van der Waals surface area contributed by atoms with Crippen LogP contribution in [0.4, 0.5) is 4.79 Å². The van der Waals surface area contributed by atoms with E-state index in [-0.39, 0.29) is 6.04 Å². The average Bonchev–Trinajstić information content (AvgIpc) is 2.79. The maximum absolute atomic E-state index is 11.6. The number of carbonyl (C=O) groups is 3. The van der Waals surface area contributed by atoms with Crippen molar-refractivity contribution in [3.63, 3.8) is 0 Å². The molecule has 1 aromatic heterocycles. The zero-order chi connectivity index (χ0) is 15.1. The van der Waals surface area contributed by atoms with E-state index in [9.17, 15) is 14.4 Å². The maximum Gasteiger partial charge on any atom is 0.326 e. The normalized spacial score (nSPS) is 13.2. The first-order chi connectivity index (χ1) is 9.38. The molecule has 3 amide bonds. The first kappa shape index (κ1) is 15.5. The van der Waals surface area contributed by atoms with Gasteiger partial charge in [-0.3, -0.25) is 9.48 Å². The van der Waals surface area contributed by atoms with Crippen molar-refractivity contribution in [3.05, 3.63) is 18.5 Å². The highest BCUT2D eigenvalue weighted by atomic mass is 16.4. The summed E-state index contributed by atoms with van der Waals surface area (Å²) in [6.45, 7) is 2.18. The van der Waals surface area contributed by atoms with Gasteiger partial charge in [0, 0.05) is 18.4 Å². The third kappa shape index (κ3) is 5.38. The van der Waals surface area contributed by atoms with Crippen molar-refractivity contribution < 1.29 is 19.5 Å². The van der Waals surface area contributed by atoms with E-state index in [1.165, 1.54) is 0 Å². The third-order valence-corrected chi connectivity index (χ3v) is 2.41. The number of nitrogens with one attached hydrogen (secondary N) is 2. The van der Waals surface area contributed by atoms with Crippen molar-refractivity contribution in [2.45, 2.75) is 32.0 Å². The maximum atomic E-state index is 11.6. The molecule has 0 saturated heterocycles. The summed E-state index contributed by atoms with van der Waals surface area (Å²) in [5.41, 5.74) is 4.91. The number of carboxylic acids is 1. The Kier molecular flexibility index (Phi) is 5.51. The predicted octanol–water partition coefficient (Wildman–Crippen LogP) is -1.10. The van der Waals surface area contributed by atoms with Crippen LogP contribution in [0.5, 0.6) is 0 Å². The van der Waals surface area contributed by atoms with E-state index in [0.29, 0.717) is 6.54 Å². The van der Waals surface area contributed by atoms with Gasteiger partial charge >= 0.3 is 12.0 Å². The number of urea groups is 1. The van der Waals surface area contributed by atoms with Crippen LogP contribution in [0.25, 0.3) is 0 Å². The van der Waals surface area contributed by atoms with Crippen LogP contribution in [0.1, 0.15) is 13.3 Å². The highest BCUT2D eigenvalue weighted by molar-refractivity contribution is 5.87. The number of nitrogens with two attached hydrogens (primary N) is 1. The van der Waals surface area contributed by atoms with Crippen molar-refractivity contribution in [1.29, 1.82) is 0 Å². The van der Waals surface area contributed by atoms with Crippen molar-refractivity contribution in [2.75, 3.05) is 0 Å². The number of primary amides is 1. The zero-order valence-corrected chi connectivity index (χ0v) is 10.9. The zero-order valence-electron chi connectivity index (χ0n) is 10.9. The quantitative estimate of drug-likeness (QED) is 0.503. The minimum Gasteiger partial charge on any atom is -0.480 e. The monoisotopic (exact) mass is 283 g/mol. The number of hydrogen-bond donors (Lipinski definition) is 4. The molecule has 20 heavy (non-hydrogen) atoms. The number of rotatable bonds is 7. The molecule has 0 aliphatic rings. The lowest BCUT2D eigenvalue weighted by Gasteiger charge is -2.17. The Morgan fingerprint density at radius 2 is 2.10 bits per heavy atom. The van der Waals surface area contributed by atoms with Gasteiger partial charge in [-0.15, -0.1) is 0 Å². The van der Waals surface area contributed by atoms with E-state index in [4.69, 9.17) is 10.8 Å². The smallest absolute Gasteiger partial charge is 0.326 e. The van der Waals surface area contributed by atoms with E-state index in [2.05, 4.69) is 15.7 Å². The fourth-order valence-electron chi connectivity index (χ4n) is 1.56. The van der Waals surface area contributed by atoms with E-state index in [1.807, 2.05) is 0 Å². The van der Waals surface area contributed by atoms with Crippen molar-refractivity contribution >= 4 is 17.9 Å². The molecular weight excluding hydrogens is 266 g/mol. The summed E-state index contributed by atoms with van der Waals surface area (Å²) in [6.07, 6.45) is 2.89. The Labute approximate surface area is 115 Å². The summed E-state index contributed by atoms with van der Waals surface area (Å²) in [5, 5.41) is 17.6. The van der Waals surface area contributed by atoms with Gasteiger partial charge in [0.15, 0.2) is 0 Å². The molecule has 1 rings (SSSR count). The fourth-order valence-corrected chi connectivity index (χ4v) is 1.56. The number of aromatic nitrogens is 2. The van der Waals surface area contributed by atoms with Crippen LogP contribution in [0.15, 0.2) is 18.5 Å². The summed E-state index contributed by atoms with van der Waals surface area (Å²) in [5.74, 6) is -2.12. The Hall–Kier alpha value is -2.58. The molecule has 0 aliphatic carbocycles. The Balaban J connectivity index is 2.44. The van der Waals surface area contributed by atoms with Gasteiger partial charge in [-0.05, 0) is 13.0 Å². The molecule has 0 aromatic carbocycles. The van der Waals surface area contributed by atoms with E-state index in [0.717, 1.165) is 0 Å². The first-order valence-corrected chi connectivity index (χ1v) is 5.94. The van der Waals surface area contributed by atoms with E-state index >= 15 is 0 Å². The van der Waals surface area contributed by atoms with Crippen LogP contribution in [0.2, 0.25) is 0 Å². The summed E-state index contributed by atoms with van der Waals surface area (Å²) < 4.78 is 1.63. The molecule has 9 nitrogen and oxygen atoms in total. The van der Waals surface area contributed by atoms with Crippen LogP contribution in [0.3, 0.4) is 0 Å². The van der Waals surface area contributed by atoms with Gasteiger partial charge in [0.1, 0.15) is 6.04 Å². The molecule has 5 N–H and O–H groups in total. The summed E-state index contributed by atoms with van der Waals surface area (Å²) in [4.78, 5) is 33.2. The van der Waals surface area contributed by atoms with Gasteiger partial charge in [-0.25, -0.2) is 9.59 Å². The number of aliphatic carboxylic acids is 1. The van der Waals surface area contributed by atoms with Crippen LogP contribution in [-0.4, -0.2) is 44.9 Å². The molecule has 9 heteroatoms. The van der Waals surface area contributed by atoms with Crippen molar-refractivity contribution in [1.82, 2.24) is 20.4 Å². The summed E-state index contributed by atoms with van der Waals surface area (Å²) in [7, 11) is 0. The lowest BCUT2D eigenvalue weighted by atomic mass is 10.2. The standard InChI is InChI=1S/C11H17N5O4/c1-7(6-16-4-2-3-13-16)14-11(20)15-8(10(18)19)5-9(12)17/h2-4,7-8H,5-6H2,1H3,(H2,12,17)(H,18,19)(H2,14,15,20)/t7?,8-/m0/s1. The Bertz CT molecular complexity index is 473. The lowest BCUT2D eigenvalue weighted by molar-refractivity contribution is -0.140. The highest BCUT2D eigenvalue weighted by Crippen LogP contribution is 1.94. The summed E-state index contributed by atoms with van der Waals surface area (Å²) in [6, 6.07) is -0.541. The molecule has 1 aromatic rings. The highest BCUT2D eigenvalue weighted by Gasteiger charge is 2.22. The second kappa shape index (κ2) is 7.12. The first-order valence-electron chi connectivity index (χ1n) is 5.94. The van der Waals surface area contributed by atoms with Crippen LogP contribution in [0, 0.1) is 0 Å². The van der Waals surface area contributed by atoms with Crippen LogP contribution >= 0.6 is 0 Å². The Morgan fingerprint density at radius 3 is 2.60 bits per heavy atom. The van der Waals surface area contributed by atoms with Crippen LogP contribution < -0.4 is 16.4 Å². The van der Waals surface area contributed by atoms with Gasteiger partial charge in [-0.2, -0.15) is 5.10 Å². The van der Waals surface area contributed by atoms with Gasteiger partial charge in [-0.1, -0.05) is 0 Å². The molecule has 1 unspecified atom stereocenters. The van der Waals surface area contributed by atoms with Gasteiger partial charge in [0.2, 0.25) is 5.91 Å². The van der Waals surface area contributed by atoms with Crippen molar-refractivity contribution in [3.8, 4) is 0 Å². The fraction of sp³-hybridized carbons (Fsp3) is 0.455. The number of carboxylic acid groups (broad SMARTS) is 1. The molecule has 110 valence electrons. The number of nitrogens with zero attached hydrogens (tertiary/aromatic N) is 2. The molecule has 0 aliphatic heterocycles. The van der Waals surface area contributed by atoms with Crippen LogP contribution in [-0.2, 0) is 16.1 Å². The van der Waals surface area contributed by atoms with Gasteiger partial charge < -0.3 is 21.5 Å². The molecule has 0 saturated carbocycles. The van der Waals surface area contributed by atoms with Gasteiger partial charge in [0.05, 0.1) is 13.0 Å². The Morgan fingerprint density at radius 1 is 1.40 bits per heavy atom. The molecule has 1 heterocycles. The molecule has 2 atom stereocenters. The minimum absolute atomic E-state index is 0.266. The molecule has 0 fully saturated rings. The third-order valence-electron chi connectivity index (χ3n) is 2.41. The van der Waals surface area contributed by atoms with Crippen molar-refractivity contribution in [2.24, 2.45) is 5.73 Å². The van der Waals surface area contributed by atoms with E-state index < -0.39 is 30.4 Å². The average molecular weight is 283 g/mol. The number of hydrogen-bond acceptors (Lipinski definition) is 4. The SMILES string of the molecule is CC(Cn1cccn1)NC(=O)N[C@@H](CC(N)=O)C(=O)O. The van der Waals surface area contributed by atoms with E-state index in [1.54, 1.807) is 30.1 Å². The minimum atomic E-state index is -1.34. The topological polar surface area (TPSA) is 139 Å². The molecule has 0 bridgehead atoms. The number of carbonyl (C=O) groups excluding carboxylic acids is 2. The number of amides is 3. The van der Waals surface area contributed by atoms with Gasteiger partial charge in [0.25, 0.3) is 0 Å². The molecular formula is C11H17N5O4. The largest absolute Gasteiger partial charge is 0.480 e. The second-order valence-corrected chi connectivity index (χ2v) is 4.31. The summed E-state index contributed by atoms with van der Waals surface area (Å²) >= 11 is 0. The molecule has 0 spiro atoms.